The van der Waals surface area contributed by atoms with Crippen LogP contribution in [-0.2, 0) is 13.1 Å². The van der Waals surface area contributed by atoms with Crippen LogP contribution in [0.4, 0.5) is 4.39 Å². The molecule has 1 heterocycles. The highest BCUT2D eigenvalue weighted by atomic mass is 19.1. The molecule has 2 aromatic rings. The molecule has 0 aromatic heterocycles. The van der Waals surface area contributed by atoms with Crippen LogP contribution in [0.25, 0.3) is 0 Å². The standard InChI is InChI=1S/C23H31FN2O2/c1-25(15-19-9-11-21(24)12-10-19)16-20-7-3-4-8-23(20)28-18-22(27)17-26-13-5-2-6-14-26/h3-4,7-12,22,27H,2,5-6,13-18H2,1H3. The van der Waals surface area contributed by atoms with Crippen molar-refractivity contribution in [3.8, 4) is 5.75 Å². The highest BCUT2D eigenvalue weighted by Crippen LogP contribution is 2.21. The van der Waals surface area contributed by atoms with Crippen molar-refractivity contribution in [3.63, 3.8) is 0 Å². The summed E-state index contributed by atoms with van der Waals surface area (Å²) in [6.45, 7) is 4.56. The monoisotopic (exact) mass is 386 g/mol. The first kappa shape index (κ1) is 20.8. The Morgan fingerprint density at radius 1 is 1.04 bits per heavy atom. The molecule has 1 aliphatic heterocycles. The van der Waals surface area contributed by atoms with E-state index in [0.717, 1.165) is 43.1 Å². The highest BCUT2D eigenvalue weighted by molar-refractivity contribution is 5.33. The number of likely N-dealkylation sites (tertiary alicyclic amines) is 1. The van der Waals surface area contributed by atoms with Crippen LogP contribution >= 0.6 is 0 Å². The summed E-state index contributed by atoms with van der Waals surface area (Å²) in [5.74, 6) is 0.597. The van der Waals surface area contributed by atoms with E-state index >= 15 is 0 Å². The molecule has 28 heavy (non-hydrogen) atoms. The number of aliphatic hydroxyl groups excluding tert-OH is 1. The number of hydrogen-bond acceptors (Lipinski definition) is 4. The summed E-state index contributed by atoms with van der Waals surface area (Å²) < 4.78 is 19.0. The first-order valence-corrected chi connectivity index (χ1v) is 10.1. The van der Waals surface area contributed by atoms with E-state index in [0.29, 0.717) is 13.2 Å². The molecular weight excluding hydrogens is 355 g/mol. The zero-order valence-electron chi connectivity index (χ0n) is 16.7. The molecule has 5 heteroatoms. The molecule has 1 atom stereocenters. The Labute approximate surface area is 167 Å². The van der Waals surface area contributed by atoms with Gasteiger partial charge in [0, 0.05) is 25.2 Å². The molecule has 0 bridgehead atoms. The summed E-state index contributed by atoms with van der Waals surface area (Å²) in [5, 5.41) is 10.3. The van der Waals surface area contributed by atoms with Gasteiger partial charge in [-0.05, 0) is 56.7 Å². The zero-order chi connectivity index (χ0) is 19.8. The fourth-order valence-corrected chi connectivity index (χ4v) is 3.70. The maximum atomic E-state index is 13.1. The zero-order valence-corrected chi connectivity index (χ0v) is 16.7. The van der Waals surface area contributed by atoms with Gasteiger partial charge in [0.05, 0.1) is 0 Å². The lowest BCUT2D eigenvalue weighted by atomic mass is 10.1. The number of rotatable bonds is 9. The Kier molecular flexibility index (Phi) is 7.83. The minimum Gasteiger partial charge on any atom is -0.491 e. The lowest BCUT2D eigenvalue weighted by Crippen LogP contribution is -2.38. The van der Waals surface area contributed by atoms with E-state index in [1.165, 1.54) is 31.4 Å². The molecule has 1 N–H and O–H groups in total. The summed E-state index contributed by atoms with van der Waals surface area (Å²) in [6, 6.07) is 14.6. The number of halogens is 1. The highest BCUT2D eigenvalue weighted by Gasteiger charge is 2.16. The van der Waals surface area contributed by atoms with Gasteiger partial charge in [-0.1, -0.05) is 36.8 Å². The number of aliphatic hydroxyl groups is 1. The van der Waals surface area contributed by atoms with Gasteiger partial charge in [0.15, 0.2) is 0 Å². The van der Waals surface area contributed by atoms with E-state index in [-0.39, 0.29) is 5.82 Å². The van der Waals surface area contributed by atoms with Crippen LogP contribution in [0.15, 0.2) is 48.5 Å². The summed E-state index contributed by atoms with van der Waals surface area (Å²) in [5.41, 5.74) is 2.15. The predicted molar refractivity (Wildman–Crippen MR) is 110 cm³/mol. The molecule has 0 saturated carbocycles. The third-order valence-corrected chi connectivity index (χ3v) is 5.13. The van der Waals surface area contributed by atoms with E-state index in [1.807, 2.05) is 43.4 Å². The van der Waals surface area contributed by atoms with Crippen molar-refractivity contribution in [2.45, 2.75) is 38.5 Å². The van der Waals surface area contributed by atoms with Gasteiger partial charge < -0.3 is 14.7 Å². The third-order valence-electron chi connectivity index (χ3n) is 5.13. The van der Waals surface area contributed by atoms with E-state index < -0.39 is 6.10 Å². The number of hydrogen-bond donors (Lipinski definition) is 1. The summed E-state index contributed by atoms with van der Waals surface area (Å²) in [6.07, 6.45) is 3.25. The number of ether oxygens (including phenoxy) is 1. The molecule has 0 spiro atoms. The summed E-state index contributed by atoms with van der Waals surface area (Å²) >= 11 is 0. The Hall–Kier alpha value is -1.95. The fraction of sp³-hybridized carbons (Fsp3) is 0.478. The van der Waals surface area contributed by atoms with Crippen LogP contribution < -0.4 is 4.74 Å². The molecule has 4 nitrogen and oxygen atoms in total. The van der Waals surface area contributed by atoms with Crippen molar-refractivity contribution in [3.05, 3.63) is 65.5 Å². The predicted octanol–water partition coefficient (Wildman–Crippen LogP) is 3.68. The topological polar surface area (TPSA) is 35.9 Å². The minimum atomic E-state index is -0.483. The Balaban J connectivity index is 1.51. The SMILES string of the molecule is CN(Cc1ccc(F)cc1)Cc1ccccc1OCC(O)CN1CCCCC1. The second-order valence-corrected chi connectivity index (χ2v) is 7.73. The van der Waals surface area contributed by atoms with E-state index in [9.17, 15) is 9.50 Å². The van der Waals surface area contributed by atoms with Crippen LogP contribution in [0.1, 0.15) is 30.4 Å². The van der Waals surface area contributed by atoms with E-state index in [4.69, 9.17) is 4.74 Å². The number of β-amino-alcohol motifs (C(OH)–C–C–N with tert-alkyl or cyclic N) is 1. The minimum absolute atomic E-state index is 0.215. The molecule has 2 aromatic carbocycles. The van der Waals surface area contributed by atoms with Gasteiger partial charge in [0.2, 0.25) is 0 Å². The Morgan fingerprint density at radius 2 is 1.75 bits per heavy atom. The van der Waals surface area contributed by atoms with Crippen molar-refractivity contribution in [1.29, 1.82) is 0 Å². The number of piperidine rings is 1. The van der Waals surface area contributed by atoms with Gasteiger partial charge in [0.25, 0.3) is 0 Å². The van der Waals surface area contributed by atoms with Crippen molar-refractivity contribution in [1.82, 2.24) is 9.80 Å². The number of benzene rings is 2. The molecule has 0 aliphatic carbocycles. The van der Waals surface area contributed by atoms with Crippen LogP contribution in [0.3, 0.4) is 0 Å². The molecule has 3 rings (SSSR count). The van der Waals surface area contributed by atoms with E-state index in [2.05, 4.69) is 9.80 Å². The number of para-hydroxylation sites is 1. The smallest absolute Gasteiger partial charge is 0.123 e. The average Bonchev–Trinajstić information content (AvgIpc) is 2.70. The van der Waals surface area contributed by atoms with Gasteiger partial charge in [-0.15, -0.1) is 0 Å². The molecule has 0 amide bonds. The lowest BCUT2D eigenvalue weighted by molar-refractivity contribution is 0.0612. The average molecular weight is 387 g/mol. The second kappa shape index (κ2) is 10.6. The van der Waals surface area contributed by atoms with Gasteiger partial charge in [-0.3, -0.25) is 4.90 Å². The van der Waals surface area contributed by atoms with Crippen LogP contribution in [0, 0.1) is 5.82 Å². The van der Waals surface area contributed by atoms with Crippen LogP contribution in [0.2, 0.25) is 0 Å². The van der Waals surface area contributed by atoms with Crippen LogP contribution in [0.5, 0.6) is 5.75 Å². The van der Waals surface area contributed by atoms with Crippen molar-refractivity contribution < 1.29 is 14.2 Å². The second-order valence-electron chi connectivity index (χ2n) is 7.73. The van der Waals surface area contributed by atoms with Crippen LogP contribution in [-0.4, -0.2) is 54.3 Å². The quantitative estimate of drug-likeness (QED) is 0.713. The van der Waals surface area contributed by atoms with Gasteiger partial charge >= 0.3 is 0 Å². The van der Waals surface area contributed by atoms with E-state index in [1.54, 1.807) is 0 Å². The maximum Gasteiger partial charge on any atom is 0.123 e. The normalized spacial score (nSPS) is 16.3. The van der Waals surface area contributed by atoms with Crippen molar-refractivity contribution >= 4 is 0 Å². The third kappa shape index (κ3) is 6.59. The van der Waals surface area contributed by atoms with Gasteiger partial charge in [0.1, 0.15) is 24.3 Å². The molecule has 1 fully saturated rings. The van der Waals surface area contributed by atoms with Gasteiger partial charge in [-0.25, -0.2) is 4.39 Å². The summed E-state index contributed by atoms with van der Waals surface area (Å²) in [7, 11) is 2.03. The molecule has 152 valence electrons. The fourth-order valence-electron chi connectivity index (χ4n) is 3.70. The first-order valence-electron chi connectivity index (χ1n) is 10.1. The summed E-state index contributed by atoms with van der Waals surface area (Å²) in [4.78, 5) is 4.49. The Morgan fingerprint density at radius 3 is 2.50 bits per heavy atom. The van der Waals surface area contributed by atoms with Crippen molar-refractivity contribution in [2.24, 2.45) is 0 Å². The molecule has 0 radical (unpaired) electrons. The molecule has 1 aliphatic rings. The first-order chi connectivity index (χ1) is 13.6. The van der Waals surface area contributed by atoms with Gasteiger partial charge in [-0.2, -0.15) is 0 Å². The Bertz CT molecular complexity index is 717. The van der Waals surface area contributed by atoms with Crippen molar-refractivity contribution in [2.75, 3.05) is 33.3 Å². The maximum absolute atomic E-state index is 13.1. The molecule has 1 saturated heterocycles. The number of nitrogens with zero attached hydrogens (tertiary/aromatic N) is 2. The molecule has 1 unspecified atom stereocenters. The largest absolute Gasteiger partial charge is 0.491 e. The lowest BCUT2D eigenvalue weighted by Gasteiger charge is -2.28. The molecular formula is C23H31FN2O2.